The number of nitrogens with one attached hydrogen (secondary N) is 2. The fourth-order valence-corrected chi connectivity index (χ4v) is 2.06. The van der Waals surface area contributed by atoms with Gasteiger partial charge in [-0.1, -0.05) is 13.8 Å². The first-order chi connectivity index (χ1) is 10.9. The summed E-state index contributed by atoms with van der Waals surface area (Å²) in [4.78, 5) is 27.2. The molecule has 0 atom stereocenters. The van der Waals surface area contributed by atoms with Gasteiger partial charge in [-0.05, 0) is 49.2 Å². The maximum Gasteiger partial charge on any atom is 0.224 e. The van der Waals surface area contributed by atoms with Crippen LogP contribution in [-0.4, -0.2) is 16.7 Å². The number of Topliss-reactive ketones (excluding diaryl/α,β-unsaturated/α-hetero) is 1. The molecule has 0 radical (unpaired) electrons. The molecule has 1 aromatic carbocycles. The van der Waals surface area contributed by atoms with Crippen LogP contribution in [0.3, 0.4) is 0 Å². The van der Waals surface area contributed by atoms with E-state index in [4.69, 9.17) is 0 Å². The van der Waals surface area contributed by atoms with Crippen molar-refractivity contribution < 1.29 is 9.59 Å². The zero-order chi connectivity index (χ0) is 16.8. The highest BCUT2D eigenvalue weighted by Crippen LogP contribution is 2.17. The van der Waals surface area contributed by atoms with E-state index in [2.05, 4.69) is 15.6 Å². The number of nitrogens with zero attached hydrogens (tertiary/aromatic N) is 1. The number of hydrogen-bond donors (Lipinski definition) is 2. The van der Waals surface area contributed by atoms with Crippen LogP contribution in [0.1, 0.15) is 37.6 Å². The minimum atomic E-state index is -0.0117. The van der Waals surface area contributed by atoms with Gasteiger partial charge in [-0.15, -0.1) is 0 Å². The average molecular weight is 311 g/mol. The summed E-state index contributed by atoms with van der Waals surface area (Å²) in [7, 11) is 0. The van der Waals surface area contributed by atoms with E-state index in [1.165, 1.54) is 6.92 Å². The highest BCUT2D eigenvalue weighted by atomic mass is 16.1. The van der Waals surface area contributed by atoms with Gasteiger partial charge < -0.3 is 10.6 Å². The van der Waals surface area contributed by atoms with Crippen LogP contribution in [0.25, 0.3) is 0 Å². The quantitative estimate of drug-likeness (QED) is 0.791. The van der Waals surface area contributed by atoms with Crippen molar-refractivity contribution in [2.75, 3.05) is 10.6 Å². The van der Waals surface area contributed by atoms with Gasteiger partial charge in [-0.25, -0.2) is 4.98 Å². The lowest BCUT2D eigenvalue weighted by Gasteiger charge is -2.09. The second-order valence-corrected chi connectivity index (χ2v) is 5.84. The lowest BCUT2D eigenvalue weighted by atomic mass is 10.1. The fraction of sp³-hybridized carbons (Fsp3) is 0.278. The molecule has 120 valence electrons. The molecule has 0 saturated carbocycles. The van der Waals surface area contributed by atoms with Gasteiger partial charge in [0.15, 0.2) is 5.78 Å². The van der Waals surface area contributed by atoms with Gasteiger partial charge in [0.05, 0.1) is 11.9 Å². The molecule has 1 amide bonds. The Morgan fingerprint density at radius 2 is 1.70 bits per heavy atom. The third-order valence-corrected chi connectivity index (χ3v) is 3.20. The molecule has 0 saturated heterocycles. The number of ketones is 1. The number of aromatic nitrogens is 1. The van der Waals surface area contributed by atoms with Crippen LogP contribution < -0.4 is 10.6 Å². The minimum absolute atomic E-state index is 0.0117. The van der Waals surface area contributed by atoms with E-state index < -0.39 is 0 Å². The Labute approximate surface area is 136 Å². The second kappa shape index (κ2) is 7.54. The molecule has 1 aromatic heterocycles. The Balaban J connectivity index is 1.97. The summed E-state index contributed by atoms with van der Waals surface area (Å²) in [6.07, 6.45) is 2.10. The largest absolute Gasteiger partial charge is 0.340 e. The molecular weight excluding hydrogens is 290 g/mol. The van der Waals surface area contributed by atoms with Crippen molar-refractivity contribution in [2.24, 2.45) is 5.92 Å². The molecule has 23 heavy (non-hydrogen) atoms. The predicted octanol–water partition coefficient (Wildman–Crippen LogP) is 4.01. The topological polar surface area (TPSA) is 71.1 Å². The molecule has 0 fully saturated rings. The second-order valence-electron chi connectivity index (χ2n) is 5.84. The first kappa shape index (κ1) is 16.7. The van der Waals surface area contributed by atoms with Crippen molar-refractivity contribution in [1.82, 2.24) is 4.98 Å². The number of carbonyl (C=O) groups is 2. The third-order valence-electron chi connectivity index (χ3n) is 3.20. The summed E-state index contributed by atoms with van der Waals surface area (Å²) in [6, 6.07) is 10.8. The molecule has 5 heteroatoms. The number of amides is 1. The monoisotopic (exact) mass is 311 g/mol. The summed E-state index contributed by atoms with van der Waals surface area (Å²) in [5.74, 6) is 1.02. The van der Waals surface area contributed by atoms with Gasteiger partial charge in [0, 0.05) is 17.7 Å². The fourth-order valence-electron chi connectivity index (χ4n) is 2.06. The van der Waals surface area contributed by atoms with Gasteiger partial charge in [0.25, 0.3) is 0 Å². The van der Waals surface area contributed by atoms with Gasteiger partial charge in [-0.2, -0.15) is 0 Å². The molecule has 0 aliphatic rings. The molecule has 2 N–H and O–H groups in total. The molecule has 0 aliphatic carbocycles. The van der Waals surface area contributed by atoms with Crippen molar-refractivity contribution in [2.45, 2.75) is 27.2 Å². The van der Waals surface area contributed by atoms with Gasteiger partial charge >= 0.3 is 0 Å². The van der Waals surface area contributed by atoms with Crippen LogP contribution in [0, 0.1) is 5.92 Å². The Morgan fingerprint density at radius 1 is 1.04 bits per heavy atom. The van der Waals surface area contributed by atoms with Crippen LogP contribution in [0.5, 0.6) is 0 Å². The first-order valence-electron chi connectivity index (χ1n) is 7.58. The molecule has 5 nitrogen and oxygen atoms in total. The lowest BCUT2D eigenvalue weighted by Crippen LogP contribution is -2.13. The highest BCUT2D eigenvalue weighted by molar-refractivity contribution is 5.94. The van der Waals surface area contributed by atoms with E-state index in [0.717, 1.165) is 5.69 Å². The van der Waals surface area contributed by atoms with E-state index in [-0.39, 0.29) is 11.7 Å². The van der Waals surface area contributed by atoms with Crippen molar-refractivity contribution >= 4 is 28.9 Å². The van der Waals surface area contributed by atoms with E-state index in [1.807, 2.05) is 26.0 Å². The SMILES string of the molecule is CC(=O)c1ccc(Nc2ccc(NC(=O)CC(C)C)cn2)cc1. The van der Waals surface area contributed by atoms with Crippen molar-refractivity contribution in [3.8, 4) is 0 Å². The Hall–Kier alpha value is -2.69. The van der Waals surface area contributed by atoms with Crippen LogP contribution in [0.15, 0.2) is 42.6 Å². The zero-order valence-corrected chi connectivity index (χ0v) is 13.6. The van der Waals surface area contributed by atoms with E-state index in [1.54, 1.807) is 30.5 Å². The number of anilines is 3. The van der Waals surface area contributed by atoms with E-state index in [0.29, 0.717) is 29.4 Å². The molecule has 1 heterocycles. The van der Waals surface area contributed by atoms with E-state index >= 15 is 0 Å². The predicted molar refractivity (Wildman–Crippen MR) is 92.1 cm³/mol. The molecule has 0 bridgehead atoms. The van der Waals surface area contributed by atoms with Crippen LogP contribution >= 0.6 is 0 Å². The summed E-state index contributed by atoms with van der Waals surface area (Å²) in [5, 5.41) is 5.97. The third kappa shape index (κ3) is 5.21. The van der Waals surface area contributed by atoms with Crippen LogP contribution in [-0.2, 0) is 4.79 Å². The maximum atomic E-state index is 11.7. The molecule has 0 aliphatic heterocycles. The number of benzene rings is 1. The summed E-state index contributed by atoms with van der Waals surface area (Å²) in [6.45, 7) is 5.54. The average Bonchev–Trinajstić information content (AvgIpc) is 2.49. The molecule has 0 spiro atoms. The molecule has 2 aromatic rings. The number of pyridine rings is 1. The van der Waals surface area contributed by atoms with Gasteiger partial charge in [-0.3, -0.25) is 9.59 Å². The zero-order valence-electron chi connectivity index (χ0n) is 13.6. The number of carbonyl (C=O) groups excluding carboxylic acids is 2. The Bertz CT molecular complexity index is 676. The summed E-state index contributed by atoms with van der Waals surface area (Å²) < 4.78 is 0. The van der Waals surface area contributed by atoms with E-state index in [9.17, 15) is 9.59 Å². The van der Waals surface area contributed by atoms with Crippen LogP contribution in [0.4, 0.5) is 17.2 Å². The molecule has 0 unspecified atom stereocenters. The standard InChI is InChI=1S/C18H21N3O2/c1-12(2)10-18(23)21-16-8-9-17(19-11-16)20-15-6-4-14(5-7-15)13(3)22/h4-9,11-12H,10H2,1-3H3,(H,19,20)(H,21,23). The normalized spacial score (nSPS) is 10.4. The molecular formula is C18H21N3O2. The van der Waals surface area contributed by atoms with Gasteiger partial charge in [0.2, 0.25) is 5.91 Å². The van der Waals surface area contributed by atoms with Crippen LogP contribution in [0.2, 0.25) is 0 Å². The summed E-state index contributed by atoms with van der Waals surface area (Å²) >= 11 is 0. The van der Waals surface area contributed by atoms with Crippen molar-refractivity contribution in [3.63, 3.8) is 0 Å². The minimum Gasteiger partial charge on any atom is -0.340 e. The lowest BCUT2D eigenvalue weighted by molar-refractivity contribution is -0.116. The number of hydrogen-bond acceptors (Lipinski definition) is 4. The number of rotatable bonds is 6. The van der Waals surface area contributed by atoms with Crippen molar-refractivity contribution in [3.05, 3.63) is 48.2 Å². The smallest absolute Gasteiger partial charge is 0.224 e. The Morgan fingerprint density at radius 3 is 2.22 bits per heavy atom. The first-order valence-corrected chi connectivity index (χ1v) is 7.58. The van der Waals surface area contributed by atoms with Gasteiger partial charge in [0.1, 0.15) is 5.82 Å². The Kier molecular flexibility index (Phi) is 5.46. The molecule has 2 rings (SSSR count). The summed E-state index contributed by atoms with van der Waals surface area (Å²) in [5.41, 5.74) is 2.19. The highest BCUT2D eigenvalue weighted by Gasteiger charge is 2.06. The van der Waals surface area contributed by atoms with Crippen molar-refractivity contribution in [1.29, 1.82) is 0 Å². The maximum absolute atomic E-state index is 11.7.